The van der Waals surface area contributed by atoms with E-state index in [2.05, 4.69) is 58.0 Å². The van der Waals surface area contributed by atoms with Crippen LogP contribution >= 0.6 is 11.6 Å². The number of halogens is 1. The normalized spacial score (nSPS) is 14.8. The van der Waals surface area contributed by atoms with Crippen LogP contribution in [0.4, 0.5) is 11.9 Å². The number of carbonyl (C=O) groups is 1. The van der Waals surface area contributed by atoms with Crippen LogP contribution in [0.5, 0.6) is 0 Å². The van der Waals surface area contributed by atoms with Gasteiger partial charge in [-0.15, -0.1) is 5.10 Å². The van der Waals surface area contributed by atoms with Gasteiger partial charge in [0, 0.05) is 16.3 Å². The first kappa shape index (κ1) is 20.0. The van der Waals surface area contributed by atoms with Crippen molar-refractivity contribution in [3.63, 3.8) is 0 Å². The van der Waals surface area contributed by atoms with Crippen molar-refractivity contribution in [2.75, 3.05) is 10.6 Å². The van der Waals surface area contributed by atoms with Gasteiger partial charge < -0.3 is 5.32 Å². The monoisotopic (exact) mass is 441 g/mol. The van der Waals surface area contributed by atoms with Crippen LogP contribution in [-0.4, -0.2) is 20.7 Å². The number of anilines is 2. The molecule has 3 aromatic carbocycles. The minimum absolute atomic E-state index is 0.175. The molecule has 1 unspecified atom stereocenters. The van der Waals surface area contributed by atoms with Crippen molar-refractivity contribution in [1.29, 1.82) is 0 Å². The Labute approximate surface area is 190 Å². The summed E-state index contributed by atoms with van der Waals surface area (Å²) in [6.45, 7) is 2.06. The van der Waals surface area contributed by atoms with E-state index in [1.54, 1.807) is 28.9 Å². The molecule has 0 fully saturated rings. The first-order valence-electron chi connectivity index (χ1n) is 10.2. The third kappa shape index (κ3) is 4.00. The van der Waals surface area contributed by atoms with Crippen molar-refractivity contribution in [3.8, 4) is 0 Å². The van der Waals surface area contributed by atoms with E-state index in [4.69, 9.17) is 11.6 Å². The highest BCUT2D eigenvalue weighted by molar-refractivity contribution is 6.31. The molecule has 2 heterocycles. The van der Waals surface area contributed by atoms with E-state index in [-0.39, 0.29) is 17.9 Å². The molecule has 0 saturated carbocycles. The molecular weight excluding hydrogens is 422 g/mol. The number of aromatic nitrogens is 3. The van der Waals surface area contributed by atoms with Gasteiger partial charge in [0.05, 0.1) is 0 Å². The Morgan fingerprint density at radius 2 is 1.81 bits per heavy atom. The van der Waals surface area contributed by atoms with Gasteiger partial charge in [0.1, 0.15) is 6.04 Å². The molecule has 7 heteroatoms. The van der Waals surface area contributed by atoms with Crippen molar-refractivity contribution in [2.45, 2.75) is 13.0 Å². The summed E-state index contributed by atoms with van der Waals surface area (Å²) in [5.74, 6) is 0.453. The highest BCUT2D eigenvalue weighted by Gasteiger charge is 2.26. The second-order valence-corrected chi connectivity index (χ2v) is 8.03. The molecule has 32 heavy (non-hydrogen) atoms. The van der Waals surface area contributed by atoms with Gasteiger partial charge in [-0.05, 0) is 42.3 Å². The molecule has 2 N–H and O–H groups in total. The summed E-state index contributed by atoms with van der Waals surface area (Å²) < 4.78 is 1.78. The van der Waals surface area contributed by atoms with Gasteiger partial charge in [-0.2, -0.15) is 4.98 Å². The lowest BCUT2D eigenvalue weighted by Gasteiger charge is -2.24. The Balaban J connectivity index is 1.51. The van der Waals surface area contributed by atoms with E-state index in [0.29, 0.717) is 16.5 Å². The van der Waals surface area contributed by atoms with Gasteiger partial charge in [0.15, 0.2) is 0 Å². The van der Waals surface area contributed by atoms with Crippen molar-refractivity contribution in [2.24, 2.45) is 0 Å². The zero-order valence-electron chi connectivity index (χ0n) is 17.3. The van der Waals surface area contributed by atoms with Crippen LogP contribution in [-0.2, 0) is 0 Å². The van der Waals surface area contributed by atoms with Gasteiger partial charge in [-0.1, -0.05) is 77.8 Å². The number of carbonyl (C=O) groups excluding carboxylic acids is 1. The van der Waals surface area contributed by atoms with Crippen LogP contribution in [0.3, 0.4) is 0 Å². The fraction of sp³-hybridized carbons (Fsp3) is 0.0800. The number of fused-ring (bicyclic) bond motifs is 1. The first-order valence-corrected chi connectivity index (χ1v) is 10.6. The van der Waals surface area contributed by atoms with Crippen LogP contribution in [0, 0.1) is 6.92 Å². The van der Waals surface area contributed by atoms with Gasteiger partial charge in [0.25, 0.3) is 11.9 Å². The molecule has 0 spiro atoms. The Bertz CT molecular complexity index is 1310. The summed E-state index contributed by atoms with van der Waals surface area (Å²) in [6, 6.07) is 24.9. The van der Waals surface area contributed by atoms with E-state index in [1.165, 1.54) is 5.56 Å². The number of nitrogens with zero attached hydrogens (tertiary/aromatic N) is 3. The van der Waals surface area contributed by atoms with E-state index >= 15 is 0 Å². The summed E-state index contributed by atoms with van der Waals surface area (Å²) in [6.07, 6.45) is 2.12. The molecule has 4 aromatic rings. The molecule has 1 aliphatic rings. The maximum absolute atomic E-state index is 12.7. The molecule has 0 radical (unpaired) electrons. The molecule has 0 bridgehead atoms. The highest BCUT2D eigenvalue weighted by atomic mass is 35.5. The summed E-state index contributed by atoms with van der Waals surface area (Å²) in [4.78, 5) is 17.2. The number of benzene rings is 3. The van der Waals surface area contributed by atoms with Crippen molar-refractivity contribution >= 4 is 35.1 Å². The molecule has 158 valence electrons. The minimum atomic E-state index is -0.321. The largest absolute Gasteiger partial charge is 0.324 e. The fourth-order valence-corrected chi connectivity index (χ4v) is 3.83. The SMILES string of the molecule is Cc1ccc(C2C=C(c3ccccc3)Nc3nc(NC(=O)c4cccc(Cl)c4)nn32)cc1. The van der Waals surface area contributed by atoms with E-state index in [1.807, 2.05) is 30.3 Å². The number of rotatable bonds is 4. The molecule has 1 atom stereocenters. The lowest BCUT2D eigenvalue weighted by Crippen LogP contribution is -2.20. The van der Waals surface area contributed by atoms with Crippen molar-refractivity contribution in [3.05, 3.63) is 112 Å². The number of aryl methyl sites for hydroxylation is 1. The number of amides is 1. The van der Waals surface area contributed by atoms with Gasteiger partial charge in [-0.3, -0.25) is 10.1 Å². The van der Waals surface area contributed by atoms with Crippen molar-refractivity contribution in [1.82, 2.24) is 14.8 Å². The topological polar surface area (TPSA) is 71.8 Å². The quantitative estimate of drug-likeness (QED) is 0.435. The molecule has 0 aliphatic carbocycles. The van der Waals surface area contributed by atoms with E-state index in [0.717, 1.165) is 16.8 Å². The molecular formula is C25H20ClN5O. The average molecular weight is 442 g/mol. The standard InChI is InChI=1S/C25H20ClN5O/c1-16-10-12-18(13-11-16)22-15-21(17-6-3-2-4-7-17)27-25-29-24(30-31(22)25)28-23(32)19-8-5-9-20(26)14-19/h2-15,22H,1H3,(H2,27,28,29,30,32). The van der Waals surface area contributed by atoms with Crippen LogP contribution in [0.2, 0.25) is 5.02 Å². The summed E-state index contributed by atoms with van der Waals surface area (Å²) in [5.41, 5.74) is 4.68. The fourth-order valence-electron chi connectivity index (χ4n) is 3.64. The van der Waals surface area contributed by atoms with Crippen LogP contribution in [0.15, 0.2) is 84.9 Å². The van der Waals surface area contributed by atoms with E-state index in [9.17, 15) is 4.79 Å². The minimum Gasteiger partial charge on any atom is -0.324 e. The number of nitrogens with one attached hydrogen (secondary N) is 2. The maximum atomic E-state index is 12.7. The summed E-state index contributed by atoms with van der Waals surface area (Å²) >= 11 is 6.01. The Morgan fingerprint density at radius 1 is 1.03 bits per heavy atom. The number of hydrogen-bond acceptors (Lipinski definition) is 4. The zero-order valence-corrected chi connectivity index (χ0v) is 18.0. The summed E-state index contributed by atoms with van der Waals surface area (Å²) in [5, 5.41) is 11.2. The molecule has 1 aromatic heterocycles. The smallest absolute Gasteiger partial charge is 0.258 e. The molecule has 5 rings (SSSR count). The molecule has 1 amide bonds. The van der Waals surface area contributed by atoms with Gasteiger partial charge in [0.2, 0.25) is 5.95 Å². The Morgan fingerprint density at radius 3 is 2.56 bits per heavy atom. The van der Waals surface area contributed by atoms with Gasteiger partial charge >= 0.3 is 0 Å². The maximum Gasteiger partial charge on any atom is 0.258 e. The third-order valence-corrected chi connectivity index (χ3v) is 5.52. The molecule has 1 aliphatic heterocycles. The third-order valence-electron chi connectivity index (χ3n) is 5.28. The van der Waals surface area contributed by atoms with Crippen molar-refractivity contribution < 1.29 is 4.79 Å². The second kappa shape index (κ2) is 8.32. The van der Waals surface area contributed by atoms with Crippen LogP contribution in [0.25, 0.3) is 5.70 Å². The van der Waals surface area contributed by atoms with Crippen LogP contribution < -0.4 is 10.6 Å². The zero-order chi connectivity index (χ0) is 22.1. The van der Waals surface area contributed by atoms with Gasteiger partial charge in [-0.25, -0.2) is 4.68 Å². The lowest BCUT2D eigenvalue weighted by molar-refractivity contribution is 0.102. The molecule has 0 saturated heterocycles. The average Bonchev–Trinajstić information content (AvgIpc) is 3.22. The van der Waals surface area contributed by atoms with E-state index < -0.39 is 0 Å². The Hall–Kier alpha value is -3.90. The number of hydrogen-bond donors (Lipinski definition) is 2. The first-order chi connectivity index (χ1) is 15.6. The second-order valence-electron chi connectivity index (χ2n) is 7.59. The highest BCUT2D eigenvalue weighted by Crippen LogP contribution is 2.33. The molecule has 6 nitrogen and oxygen atoms in total. The summed E-state index contributed by atoms with van der Waals surface area (Å²) in [7, 11) is 0. The predicted octanol–water partition coefficient (Wildman–Crippen LogP) is 5.55. The predicted molar refractivity (Wildman–Crippen MR) is 127 cm³/mol. The van der Waals surface area contributed by atoms with Crippen LogP contribution in [0.1, 0.15) is 33.1 Å². The number of allylic oxidation sites excluding steroid dienone is 1. The Kier molecular flexibility index (Phi) is 5.21. The lowest BCUT2D eigenvalue weighted by atomic mass is 10.0.